The van der Waals surface area contributed by atoms with Crippen molar-refractivity contribution in [2.24, 2.45) is 0 Å². The maximum Gasteiger partial charge on any atom is 0.357 e. The Balaban J connectivity index is 1.69. The topological polar surface area (TPSA) is 93.6 Å². The average molecular weight is 388 g/mol. The number of aromatic nitrogens is 1. The minimum Gasteiger partial charge on any atom is -0.451 e. The van der Waals surface area contributed by atoms with Crippen LogP contribution < -0.4 is 0 Å². The predicted octanol–water partition coefficient (Wildman–Crippen LogP) is 1.45. The zero-order valence-electron chi connectivity index (χ0n) is 14.7. The summed E-state index contributed by atoms with van der Waals surface area (Å²) >= 11 is 0. The molecule has 0 unspecified atom stereocenters. The second-order valence-electron chi connectivity index (χ2n) is 6.36. The van der Waals surface area contributed by atoms with Crippen LogP contribution in [0.15, 0.2) is 54.7 Å². The van der Waals surface area contributed by atoms with E-state index >= 15 is 0 Å². The number of carbonyl (C=O) groups is 2. The van der Waals surface area contributed by atoms with E-state index in [4.69, 9.17) is 4.74 Å². The molecule has 1 aliphatic rings. The highest BCUT2D eigenvalue weighted by molar-refractivity contribution is 7.91. The van der Waals surface area contributed by atoms with Gasteiger partial charge in [-0.1, -0.05) is 36.4 Å². The standard InChI is InChI=1S/C19H20N2O5S/c22-18(13-26-19(23)17-8-4-5-10-20-17)21(12-15-6-2-1-3-7-15)16-9-11-27(24,25)14-16/h1-8,10,16H,9,11-14H2/t16-/m1/s1. The first-order valence-corrected chi connectivity index (χ1v) is 10.4. The molecule has 0 aliphatic carbocycles. The number of rotatable bonds is 6. The fraction of sp³-hybridized carbons (Fsp3) is 0.316. The molecule has 1 aromatic heterocycles. The number of nitrogens with zero attached hydrogens (tertiary/aromatic N) is 2. The van der Waals surface area contributed by atoms with Gasteiger partial charge in [-0.15, -0.1) is 0 Å². The van der Waals surface area contributed by atoms with Gasteiger partial charge in [0.25, 0.3) is 5.91 Å². The van der Waals surface area contributed by atoms with Crippen LogP contribution in [0, 0.1) is 0 Å². The van der Waals surface area contributed by atoms with E-state index < -0.39 is 34.4 Å². The summed E-state index contributed by atoms with van der Waals surface area (Å²) in [6.45, 7) is -0.195. The minimum atomic E-state index is -3.15. The molecule has 7 nitrogen and oxygen atoms in total. The Labute approximate surface area is 157 Å². The van der Waals surface area contributed by atoms with Gasteiger partial charge >= 0.3 is 5.97 Å². The second-order valence-corrected chi connectivity index (χ2v) is 8.58. The molecule has 1 atom stereocenters. The molecule has 8 heteroatoms. The molecule has 1 fully saturated rings. The van der Waals surface area contributed by atoms with Gasteiger partial charge in [0.05, 0.1) is 11.5 Å². The van der Waals surface area contributed by atoms with E-state index in [2.05, 4.69) is 4.98 Å². The molecule has 0 saturated carbocycles. The van der Waals surface area contributed by atoms with E-state index in [1.165, 1.54) is 17.2 Å². The van der Waals surface area contributed by atoms with Crippen molar-refractivity contribution in [2.75, 3.05) is 18.1 Å². The van der Waals surface area contributed by atoms with Crippen molar-refractivity contribution < 1.29 is 22.7 Å². The van der Waals surface area contributed by atoms with Gasteiger partial charge in [-0.05, 0) is 24.1 Å². The lowest BCUT2D eigenvalue weighted by atomic mass is 10.1. The largest absolute Gasteiger partial charge is 0.451 e. The third kappa shape index (κ3) is 5.13. The number of esters is 1. The summed E-state index contributed by atoms with van der Waals surface area (Å²) in [5.41, 5.74) is 0.995. The number of sulfone groups is 1. The summed E-state index contributed by atoms with van der Waals surface area (Å²) in [5.74, 6) is -1.13. The van der Waals surface area contributed by atoms with E-state index in [9.17, 15) is 18.0 Å². The SMILES string of the molecule is O=C(OCC(=O)N(Cc1ccccc1)[C@@H]1CCS(=O)(=O)C1)c1ccccn1. The molecule has 0 bridgehead atoms. The molecule has 1 aromatic carbocycles. The summed E-state index contributed by atoms with van der Waals surface area (Å²) in [6, 6.07) is 13.7. The first kappa shape index (κ1) is 19.0. The van der Waals surface area contributed by atoms with Gasteiger partial charge in [-0.3, -0.25) is 4.79 Å². The molecule has 0 radical (unpaired) electrons. The van der Waals surface area contributed by atoms with Crippen LogP contribution in [-0.4, -0.2) is 54.3 Å². The number of benzene rings is 1. The quantitative estimate of drug-likeness (QED) is 0.696. The van der Waals surface area contributed by atoms with Gasteiger partial charge in [0, 0.05) is 18.8 Å². The molecule has 0 spiro atoms. The lowest BCUT2D eigenvalue weighted by Crippen LogP contribution is -2.42. The fourth-order valence-electron chi connectivity index (χ4n) is 2.99. The number of amides is 1. The van der Waals surface area contributed by atoms with E-state index in [0.29, 0.717) is 6.42 Å². The Morgan fingerprint density at radius 2 is 1.85 bits per heavy atom. The molecule has 1 amide bonds. The lowest BCUT2D eigenvalue weighted by molar-refractivity contribution is -0.137. The first-order chi connectivity index (χ1) is 12.9. The summed E-state index contributed by atoms with van der Waals surface area (Å²) in [4.78, 5) is 30.1. The van der Waals surface area contributed by atoms with Crippen LogP contribution in [0.25, 0.3) is 0 Å². The minimum absolute atomic E-state index is 0.0595. The van der Waals surface area contributed by atoms with Crippen molar-refractivity contribution in [3.05, 3.63) is 66.0 Å². The molecule has 1 aliphatic heterocycles. The number of hydrogen-bond donors (Lipinski definition) is 0. The van der Waals surface area contributed by atoms with Crippen molar-refractivity contribution in [1.29, 1.82) is 0 Å². The van der Waals surface area contributed by atoms with Gasteiger partial charge in [0.2, 0.25) is 0 Å². The average Bonchev–Trinajstić information content (AvgIpc) is 3.05. The molecular formula is C19H20N2O5S. The Kier molecular flexibility index (Phi) is 5.85. The highest BCUT2D eigenvalue weighted by atomic mass is 32.2. The van der Waals surface area contributed by atoms with Crippen LogP contribution in [-0.2, 0) is 25.9 Å². The van der Waals surface area contributed by atoms with Crippen molar-refractivity contribution >= 4 is 21.7 Å². The fourth-order valence-corrected chi connectivity index (χ4v) is 4.72. The van der Waals surface area contributed by atoms with Crippen molar-refractivity contribution in [2.45, 2.75) is 19.0 Å². The molecular weight excluding hydrogens is 368 g/mol. The molecule has 27 heavy (non-hydrogen) atoms. The molecule has 142 valence electrons. The molecule has 1 saturated heterocycles. The van der Waals surface area contributed by atoms with Crippen molar-refractivity contribution in [3.63, 3.8) is 0 Å². The van der Waals surface area contributed by atoms with Crippen molar-refractivity contribution in [3.8, 4) is 0 Å². The highest BCUT2D eigenvalue weighted by Gasteiger charge is 2.35. The smallest absolute Gasteiger partial charge is 0.357 e. The summed E-state index contributed by atoms with van der Waals surface area (Å²) < 4.78 is 28.8. The Morgan fingerprint density at radius 3 is 2.48 bits per heavy atom. The predicted molar refractivity (Wildman–Crippen MR) is 98.6 cm³/mol. The van der Waals surface area contributed by atoms with E-state index in [1.807, 2.05) is 30.3 Å². The zero-order valence-corrected chi connectivity index (χ0v) is 15.5. The molecule has 3 rings (SSSR count). The number of hydrogen-bond acceptors (Lipinski definition) is 6. The van der Waals surface area contributed by atoms with Gasteiger partial charge in [-0.25, -0.2) is 18.2 Å². The van der Waals surface area contributed by atoms with E-state index in [1.54, 1.807) is 12.1 Å². The Bertz CT molecular complexity index is 900. The van der Waals surface area contributed by atoms with Crippen LogP contribution in [0.1, 0.15) is 22.5 Å². The van der Waals surface area contributed by atoms with Crippen LogP contribution >= 0.6 is 0 Å². The normalized spacial score (nSPS) is 18.0. The molecule has 2 aromatic rings. The van der Waals surface area contributed by atoms with Crippen LogP contribution in [0.3, 0.4) is 0 Å². The molecule has 0 N–H and O–H groups in total. The number of ether oxygens (including phenoxy) is 1. The van der Waals surface area contributed by atoms with Gasteiger partial charge in [-0.2, -0.15) is 0 Å². The monoisotopic (exact) mass is 388 g/mol. The van der Waals surface area contributed by atoms with Crippen LogP contribution in [0.5, 0.6) is 0 Å². The summed E-state index contributed by atoms with van der Waals surface area (Å²) in [7, 11) is -3.15. The third-order valence-corrected chi connectivity index (χ3v) is 6.12. The maximum absolute atomic E-state index is 12.7. The van der Waals surface area contributed by atoms with Gasteiger partial charge in [0.1, 0.15) is 5.69 Å². The number of carbonyl (C=O) groups excluding carboxylic acids is 2. The molecule has 2 heterocycles. The zero-order chi connectivity index (χ0) is 19.3. The number of pyridine rings is 1. The Hall–Kier alpha value is -2.74. The van der Waals surface area contributed by atoms with Crippen LogP contribution in [0.2, 0.25) is 0 Å². The van der Waals surface area contributed by atoms with E-state index in [0.717, 1.165) is 5.56 Å². The van der Waals surface area contributed by atoms with Crippen molar-refractivity contribution in [1.82, 2.24) is 9.88 Å². The van der Waals surface area contributed by atoms with E-state index in [-0.39, 0.29) is 23.7 Å². The maximum atomic E-state index is 12.7. The Morgan fingerprint density at radius 1 is 1.11 bits per heavy atom. The lowest BCUT2D eigenvalue weighted by Gasteiger charge is -2.28. The first-order valence-electron chi connectivity index (χ1n) is 8.56. The summed E-state index contributed by atoms with van der Waals surface area (Å²) in [5, 5.41) is 0. The van der Waals surface area contributed by atoms with Gasteiger partial charge < -0.3 is 9.64 Å². The second kappa shape index (κ2) is 8.30. The third-order valence-electron chi connectivity index (χ3n) is 4.37. The van der Waals surface area contributed by atoms with Crippen LogP contribution in [0.4, 0.5) is 0 Å². The highest BCUT2D eigenvalue weighted by Crippen LogP contribution is 2.20. The summed E-state index contributed by atoms with van der Waals surface area (Å²) in [6.07, 6.45) is 1.85. The van der Waals surface area contributed by atoms with Gasteiger partial charge in [0.15, 0.2) is 16.4 Å².